The summed E-state index contributed by atoms with van der Waals surface area (Å²) in [6.07, 6.45) is 7.18. The smallest absolute Gasteiger partial charge is 0.341 e. The Hall–Kier alpha value is -2.72. The minimum Gasteiger partial charge on any atom is -0.462 e. The van der Waals surface area contributed by atoms with Crippen LogP contribution in [0.4, 0.5) is 5.00 Å². The van der Waals surface area contributed by atoms with E-state index in [-0.39, 0.29) is 17.6 Å². The molecule has 1 aliphatic rings. The molecule has 1 N–H and O–H groups in total. The van der Waals surface area contributed by atoms with Gasteiger partial charge in [-0.05, 0) is 50.3 Å². The maximum atomic E-state index is 12.5. The van der Waals surface area contributed by atoms with Gasteiger partial charge in [-0.25, -0.2) is 4.79 Å². The van der Waals surface area contributed by atoms with Crippen LogP contribution in [-0.2, 0) is 22.4 Å². The number of ether oxygens (including phenoxy) is 1. The molecule has 3 heterocycles. The van der Waals surface area contributed by atoms with E-state index < -0.39 is 0 Å². The number of nitrogens with zero attached hydrogens (tertiary/aromatic N) is 3. The van der Waals surface area contributed by atoms with E-state index in [1.807, 2.05) is 6.07 Å². The predicted octanol–water partition coefficient (Wildman–Crippen LogP) is 3.98. The van der Waals surface area contributed by atoms with E-state index >= 15 is 0 Å². The minimum absolute atomic E-state index is 0.0828. The summed E-state index contributed by atoms with van der Waals surface area (Å²) >= 11 is 2.61. The summed E-state index contributed by atoms with van der Waals surface area (Å²) < 4.78 is 10.8. The average molecular weight is 445 g/mol. The highest BCUT2D eigenvalue weighted by atomic mass is 32.2. The van der Waals surface area contributed by atoms with Crippen molar-refractivity contribution in [3.05, 3.63) is 40.5 Å². The van der Waals surface area contributed by atoms with Crippen LogP contribution >= 0.6 is 23.1 Å². The number of thioether (sulfide) groups is 1. The largest absolute Gasteiger partial charge is 0.462 e. The summed E-state index contributed by atoms with van der Waals surface area (Å²) in [5.74, 6) is -0.191. The summed E-state index contributed by atoms with van der Waals surface area (Å²) in [5.41, 5.74) is 2.24. The third-order valence-corrected chi connectivity index (χ3v) is 6.57. The molecule has 0 spiro atoms. The van der Waals surface area contributed by atoms with E-state index in [0.29, 0.717) is 33.8 Å². The van der Waals surface area contributed by atoms with Crippen LogP contribution in [0.15, 0.2) is 34.2 Å². The van der Waals surface area contributed by atoms with Crippen LogP contribution in [0, 0.1) is 0 Å². The van der Waals surface area contributed by atoms with Crippen molar-refractivity contribution in [2.24, 2.45) is 0 Å². The molecule has 8 nitrogen and oxygen atoms in total. The maximum absolute atomic E-state index is 12.5. The molecule has 3 aromatic heterocycles. The molecule has 4 rings (SSSR count). The first-order valence-electron chi connectivity index (χ1n) is 9.64. The highest BCUT2D eigenvalue weighted by Crippen LogP contribution is 2.38. The Morgan fingerprint density at radius 2 is 2.17 bits per heavy atom. The Bertz CT molecular complexity index is 1050. The number of carbonyl (C=O) groups excluding carboxylic acids is 2. The molecule has 156 valence electrons. The van der Waals surface area contributed by atoms with Crippen LogP contribution in [-0.4, -0.2) is 39.4 Å². The van der Waals surface area contributed by atoms with Crippen molar-refractivity contribution < 1.29 is 18.7 Å². The zero-order valence-corrected chi connectivity index (χ0v) is 18.0. The first-order chi connectivity index (χ1) is 14.7. The normalized spacial score (nSPS) is 13.0. The van der Waals surface area contributed by atoms with Crippen LogP contribution in [0.1, 0.15) is 40.6 Å². The van der Waals surface area contributed by atoms with Crippen molar-refractivity contribution in [3.63, 3.8) is 0 Å². The Labute approximate surface area is 181 Å². The first kappa shape index (κ1) is 20.5. The molecule has 1 aliphatic carbocycles. The molecule has 0 saturated heterocycles. The maximum Gasteiger partial charge on any atom is 0.341 e. The number of thiophene rings is 1. The molecule has 10 heteroatoms. The van der Waals surface area contributed by atoms with Crippen molar-refractivity contribution in [2.75, 3.05) is 17.7 Å². The van der Waals surface area contributed by atoms with Gasteiger partial charge in [0.05, 0.1) is 23.5 Å². The van der Waals surface area contributed by atoms with Gasteiger partial charge in [-0.15, -0.1) is 21.5 Å². The number of amides is 1. The number of anilines is 1. The molecule has 3 aromatic rings. The lowest BCUT2D eigenvalue weighted by atomic mass is 9.95. The molecule has 30 heavy (non-hydrogen) atoms. The number of carbonyl (C=O) groups is 2. The monoisotopic (exact) mass is 444 g/mol. The number of fused-ring (bicyclic) bond motifs is 1. The summed E-state index contributed by atoms with van der Waals surface area (Å²) in [5, 5.41) is 11.7. The molecule has 0 fully saturated rings. The quantitative estimate of drug-likeness (QED) is 0.431. The van der Waals surface area contributed by atoms with E-state index in [1.54, 1.807) is 25.4 Å². The topological polar surface area (TPSA) is 107 Å². The van der Waals surface area contributed by atoms with E-state index in [2.05, 4.69) is 20.5 Å². The fourth-order valence-corrected chi connectivity index (χ4v) is 5.09. The number of rotatable bonds is 7. The second-order valence-corrected chi connectivity index (χ2v) is 8.62. The molecule has 0 aromatic carbocycles. The van der Waals surface area contributed by atoms with Crippen molar-refractivity contribution in [3.8, 4) is 11.5 Å². The predicted molar refractivity (Wildman–Crippen MR) is 114 cm³/mol. The summed E-state index contributed by atoms with van der Waals surface area (Å²) in [6, 6.07) is 3.60. The Morgan fingerprint density at radius 3 is 2.97 bits per heavy atom. The highest BCUT2D eigenvalue weighted by molar-refractivity contribution is 7.99. The zero-order valence-electron chi connectivity index (χ0n) is 16.3. The third kappa shape index (κ3) is 4.54. The molecule has 0 radical (unpaired) electrons. The molecule has 1 amide bonds. The number of pyridine rings is 1. The average Bonchev–Trinajstić information content (AvgIpc) is 3.37. The molecule has 0 saturated carbocycles. The van der Waals surface area contributed by atoms with Crippen LogP contribution in [0.5, 0.6) is 0 Å². The van der Waals surface area contributed by atoms with E-state index in [1.165, 1.54) is 11.3 Å². The third-order valence-electron chi connectivity index (χ3n) is 4.55. The zero-order chi connectivity index (χ0) is 20.9. The second kappa shape index (κ2) is 9.40. The van der Waals surface area contributed by atoms with Crippen LogP contribution in [0.25, 0.3) is 11.5 Å². The van der Waals surface area contributed by atoms with Gasteiger partial charge < -0.3 is 14.5 Å². The van der Waals surface area contributed by atoms with Gasteiger partial charge in [-0.1, -0.05) is 11.8 Å². The Kier molecular flexibility index (Phi) is 6.44. The minimum atomic E-state index is -0.377. The lowest BCUT2D eigenvalue weighted by Crippen LogP contribution is -2.17. The van der Waals surface area contributed by atoms with Gasteiger partial charge in [-0.3, -0.25) is 9.78 Å². The molecule has 0 unspecified atom stereocenters. The molecular formula is C20H20N4O4S2. The van der Waals surface area contributed by atoms with Gasteiger partial charge in [-0.2, -0.15) is 0 Å². The van der Waals surface area contributed by atoms with Crippen molar-refractivity contribution in [1.82, 2.24) is 15.2 Å². The van der Waals surface area contributed by atoms with Gasteiger partial charge in [0.1, 0.15) is 5.00 Å². The summed E-state index contributed by atoms with van der Waals surface area (Å²) in [4.78, 5) is 30.2. The fourth-order valence-electron chi connectivity index (χ4n) is 3.24. The van der Waals surface area contributed by atoms with Gasteiger partial charge in [0, 0.05) is 17.3 Å². The van der Waals surface area contributed by atoms with E-state index in [0.717, 1.165) is 47.9 Å². The lowest BCUT2D eigenvalue weighted by Gasteiger charge is -2.12. The first-order valence-corrected chi connectivity index (χ1v) is 11.4. The Morgan fingerprint density at radius 1 is 1.30 bits per heavy atom. The van der Waals surface area contributed by atoms with Crippen molar-refractivity contribution >= 4 is 40.0 Å². The van der Waals surface area contributed by atoms with Gasteiger partial charge in [0.15, 0.2) is 0 Å². The SMILES string of the molecule is CCOC(=O)c1c(NC(=O)CSc2nnc(-c3cccnc3)o2)sc2c1CCCC2. The fraction of sp³-hybridized carbons (Fsp3) is 0.350. The van der Waals surface area contributed by atoms with E-state index in [9.17, 15) is 9.59 Å². The van der Waals surface area contributed by atoms with Gasteiger partial charge >= 0.3 is 5.97 Å². The summed E-state index contributed by atoms with van der Waals surface area (Å²) in [6.45, 7) is 2.07. The van der Waals surface area contributed by atoms with Crippen LogP contribution in [0.3, 0.4) is 0 Å². The number of aryl methyl sites for hydroxylation is 1. The Balaban J connectivity index is 1.43. The molecule has 0 aliphatic heterocycles. The van der Waals surface area contributed by atoms with Gasteiger partial charge in [0.25, 0.3) is 5.22 Å². The van der Waals surface area contributed by atoms with E-state index in [4.69, 9.17) is 9.15 Å². The summed E-state index contributed by atoms with van der Waals surface area (Å²) in [7, 11) is 0. The van der Waals surface area contributed by atoms with Crippen LogP contribution in [0.2, 0.25) is 0 Å². The molecule has 0 atom stereocenters. The highest BCUT2D eigenvalue weighted by Gasteiger charge is 2.27. The molecule has 0 bridgehead atoms. The number of esters is 1. The standard InChI is InChI=1S/C20H20N4O4S2/c1-2-27-19(26)16-13-7-3-4-8-14(13)30-18(16)22-15(25)11-29-20-24-23-17(28-20)12-6-5-9-21-10-12/h5-6,9-10H,2-4,7-8,11H2,1H3,(H,22,25). The van der Waals surface area contributed by atoms with Crippen molar-refractivity contribution in [1.29, 1.82) is 0 Å². The number of nitrogens with one attached hydrogen (secondary N) is 1. The van der Waals surface area contributed by atoms with Crippen molar-refractivity contribution in [2.45, 2.75) is 37.8 Å². The lowest BCUT2D eigenvalue weighted by molar-refractivity contribution is -0.113. The molecular weight excluding hydrogens is 424 g/mol. The second-order valence-electron chi connectivity index (χ2n) is 6.59. The number of hydrogen-bond donors (Lipinski definition) is 1. The van der Waals surface area contributed by atoms with Gasteiger partial charge in [0.2, 0.25) is 11.8 Å². The number of aromatic nitrogens is 3. The van der Waals surface area contributed by atoms with Crippen LogP contribution < -0.4 is 5.32 Å². The number of hydrogen-bond acceptors (Lipinski definition) is 9.